The number of aromatic nitrogens is 2. The van der Waals surface area contributed by atoms with Gasteiger partial charge in [0.05, 0.1) is 13.7 Å². The van der Waals surface area contributed by atoms with E-state index in [9.17, 15) is 9.59 Å². The maximum Gasteiger partial charge on any atom is 0.331 e. The maximum atomic E-state index is 12.2. The summed E-state index contributed by atoms with van der Waals surface area (Å²) in [5.41, 5.74) is 5.69. The number of anilines is 1. The van der Waals surface area contributed by atoms with Crippen molar-refractivity contribution in [1.29, 1.82) is 0 Å². The van der Waals surface area contributed by atoms with Gasteiger partial charge in [0.15, 0.2) is 0 Å². The summed E-state index contributed by atoms with van der Waals surface area (Å²) in [4.78, 5) is 24.2. The summed E-state index contributed by atoms with van der Waals surface area (Å²) in [5, 5.41) is 0. The topological polar surface area (TPSA) is 79.2 Å². The van der Waals surface area contributed by atoms with Crippen LogP contribution in [-0.4, -0.2) is 16.2 Å². The van der Waals surface area contributed by atoms with Crippen LogP contribution in [0.1, 0.15) is 12.5 Å². The van der Waals surface area contributed by atoms with Gasteiger partial charge in [-0.3, -0.25) is 13.9 Å². The molecule has 2 rings (SSSR count). The first-order valence-electron chi connectivity index (χ1n) is 6.29. The lowest BCUT2D eigenvalue weighted by Crippen LogP contribution is -2.40. The third-order valence-electron chi connectivity index (χ3n) is 3.08. The number of nitrogen functional groups attached to an aromatic ring is 1. The van der Waals surface area contributed by atoms with Gasteiger partial charge in [-0.25, -0.2) is 4.79 Å². The maximum absolute atomic E-state index is 12.2. The van der Waals surface area contributed by atoms with Crippen molar-refractivity contribution in [2.24, 2.45) is 0 Å². The predicted molar refractivity (Wildman–Crippen MR) is 77.1 cm³/mol. The first kappa shape index (κ1) is 13.9. The predicted octanol–water partition coefficient (Wildman–Crippen LogP) is 0.669. The van der Waals surface area contributed by atoms with Crippen molar-refractivity contribution in [2.75, 3.05) is 12.8 Å². The molecular formula is C14H17N3O3. The van der Waals surface area contributed by atoms with E-state index in [1.807, 2.05) is 19.1 Å². The van der Waals surface area contributed by atoms with Crippen LogP contribution in [0.4, 0.5) is 5.69 Å². The van der Waals surface area contributed by atoms with Crippen LogP contribution in [0, 0.1) is 0 Å². The van der Waals surface area contributed by atoms with E-state index >= 15 is 0 Å². The van der Waals surface area contributed by atoms with Crippen LogP contribution in [0.25, 0.3) is 0 Å². The molecule has 0 bridgehead atoms. The van der Waals surface area contributed by atoms with Crippen LogP contribution in [0.15, 0.2) is 40.1 Å². The van der Waals surface area contributed by atoms with Gasteiger partial charge in [-0.15, -0.1) is 0 Å². The monoisotopic (exact) mass is 275 g/mol. The summed E-state index contributed by atoms with van der Waals surface area (Å²) in [7, 11) is 1.57. The zero-order chi connectivity index (χ0) is 14.7. The third kappa shape index (κ3) is 2.59. The van der Waals surface area contributed by atoms with Gasteiger partial charge in [0, 0.05) is 12.7 Å². The van der Waals surface area contributed by atoms with Gasteiger partial charge < -0.3 is 10.5 Å². The second kappa shape index (κ2) is 5.64. The van der Waals surface area contributed by atoms with Crippen LogP contribution in [-0.2, 0) is 13.1 Å². The molecule has 0 aliphatic carbocycles. The molecule has 106 valence electrons. The van der Waals surface area contributed by atoms with Crippen molar-refractivity contribution >= 4 is 5.69 Å². The van der Waals surface area contributed by atoms with Crippen molar-refractivity contribution in [2.45, 2.75) is 20.0 Å². The van der Waals surface area contributed by atoms with E-state index < -0.39 is 5.56 Å². The highest BCUT2D eigenvalue weighted by Crippen LogP contribution is 2.12. The zero-order valence-electron chi connectivity index (χ0n) is 11.5. The summed E-state index contributed by atoms with van der Waals surface area (Å²) in [6.07, 6.45) is 1.38. The fourth-order valence-corrected chi connectivity index (χ4v) is 2.00. The van der Waals surface area contributed by atoms with Crippen molar-refractivity contribution < 1.29 is 4.74 Å². The van der Waals surface area contributed by atoms with Crippen LogP contribution < -0.4 is 21.7 Å². The molecule has 6 nitrogen and oxygen atoms in total. The highest BCUT2D eigenvalue weighted by atomic mass is 16.5. The van der Waals surface area contributed by atoms with Gasteiger partial charge in [-0.05, 0) is 24.6 Å². The van der Waals surface area contributed by atoms with Crippen LogP contribution in [0.3, 0.4) is 0 Å². The van der Waals surface area contributed by atoms with E-state index in [0.29, 0.717) is 12.3 Å². The summed E-state index contributed by atoms with van der Waals surface area (Å²) < 4.78 is 7.67. The fraction of sp³-hybridized carbons (Fsp3) is 0.286. The highest BCUT2D eigenvalue weighted by Gasteiger charge is 2.09. The Kier molecular flexibility index (Phi) is 3.93. The van der Waals surface area contributed by atoms with Crippen LogP contribution >= 0.6 is 0 Å². The molecule has 2 aromatic rings. The van der Waals surface area contributed by atoms with E-state index in [-0.39, 0.29) is 17.9 Å². The first-order chi connectivity index (χ1) is 9.56. The standard InChI is InChI=1S/C14H17N3O3/c1-3-16-9-12(15)13(18)17(14(16)19)8-10-5-4-6-11(7-10)20-2/h4-7,9H,3,8,15H2,1-2H3. The molecule has 0 spiro atoms. The number of ether oxygens (including phenoxy) is 1. The van der Waals surface area contributed by atoms with E-state index in [2.05, 4.69) is 0 Å². The number of methoxy groups -OCH3 is 1. The quantitative estimate of drug-likeness (QED) is 0.889. The third-order valence-corrected chi connectivity index (χ3v) is 3.08. The summed E-state index contributed by atoms with van der Waals surface area (Å²) in [6, 6.07) is 7.22. The van der Waals surface area contributed by atoms with Gasteiger partial charge in [-0.1, -0.05) is 12.1 Å². The lowest BCUT2D eigenvalue weighted by atomic mass is 10.2. The molecule has 0 saturated heterocycles. The molecular weight excluding hydrogens is 258 g/mol. The smallest absolute Gasteiger partial charge is 0.331 e. The minimum atomic E-state index is -0.470. The first-order valence-corrected chi connectivity index (χ1v) is 6.29. The summed E-state index contributed by atoms with van der Waals surface area (Å²) in [5.74, 6) is 0.676. The molecule has 0 saturated carbocycles. The van der Waals surface area contributed by atoms with Crippen LogP contribution in [0.5, 0.6) is 5.75 Å². The van der Waals surface area contributed by atoms with E-state index in [1.165, 1.54) is 10.8 Å². The Morgan fingerprint density at radius 2 is 2.05 bits per heavy atom. The molecule has 0 atom stereocenters. The van der Waals surface area contributed by atoms with Gasteiger partial charge >= 0.3 is 5.69 Å². The minimum absolute atomic E-state index is 0.0642. The SMILES string of the molecule is CCn1cc(N)c(=O)n(Cc2cccc(OC)c2)c1=O. The lowest BCUT2D eigenvalue weighted by molar-refractivity contribution is 0.414. The molecule has 0 fully saturated rings. The molecule has 20 heavy (non-hydrogen) atoms. The van der Waals surface area contributed by atoms with Gasteiger partial charge in [0.2, 0.25) is 0 Å². The minimum Gasteiger partial charge on any atom is -0.497 e. The Morgan fingerprint density at radius 3 is 2.70 bits per heavy atom. The van der Waals surface area contributed by atoms with E-state index in [1.54, 1.807) is 19.2 Å². The van der Waals surface area contributed by atoms with E-state index in [0.717, 1.165) is 10.1 Å². The van der Waals surface area contributed by atoms with Gasteiger partial charge in [-0.2, -0.15) is 0 Å². The van der Waals surface area contributed by atoms with Crippen LogP contribution in [0.2, 0.25) is 0 Å². The molecule has 1 aromatic heterocycles. The number of rotatable bonds is 4. The molecule has 6 heteroatoms. The lowest BCUT2D eigenvalue weighted by Gasteiger charge is -2.10. The normalized spacial score (nSPS) is 10.5. The van der Waals surface area contributed by atoms with Crippen molar-refractivity contribution in [3.8, 4) is 5.75 Å². The highest BCUT2D eigenvalue weighted by molar-refractivity contribution is 5.32. The molecule has 0 aliphatic heterocycles. The van der Waals surface area contributed by atoms with Crippen molar-refractivity contribution in [3.63, 3.8) is 0 Å². The zero-order valence-corrected chi connectivity index (χ0v) is 11.5. The second-order valence-corrected chi connectivity index (χ2v) is 4.40. The Hall–Kier alpha value is -2.50. The van der Waals surface area contributed by atoms with Gasteiger partial charge in [0.25, 0.3) is 5.56 Å². The summed E-state index contributed by atoms with van der Waals surface area (Å²) >= 11 is 0. The number of hydrogen-bond donors (Lipinski definition) is 1. The average molecular weight is 275 g/mol. The Morgan fingerprint density at radius 1 is 1.30 bits per heavy atom. The molecule has 0 amide bonds. The Bertz CT molecular complexity index is 731. The van der Waals surface area contributed by atoms with Crippen molar-refractivity contribution in [3.05, 3.63) is 56.9 Å². The molecule has 0 radical (unpaired) electrons. The molecule has 0 aliphatic rings. The number of aryl methyl sites for hydroxylation is 1. The fourth-order valence-electron chi connectivity index (χ4n) is 2.00. The largest absolute Gasteiger partial charge is 0.497 e. The number of nitrogens with two attached hydrogens (primary N) is 1. The van der Waals surface area contributed by atoms with Crippen molar-refractivity contribution in [1.82, 2.24) is 9.13 Å². The Balaban J connectivity index is 2.50. The second-order valence-electron chi connectivity index (χ2n) is 4.40. The molecule has 2 N–H and O–H groups in total. The average Bonchev–Trinajstić information content (AvgIpc) is 2.47. The van der Waals surface area contributed by atoms with Gasteiger partial charge in [0.1, 0.15) is 11.4 Å². The van der Waals surface area contributed by atoms with E-state index in [4.69, 9.17) is 10.5 Å². The Labute approximate surface area is 116 Å². The molecule has 1 aromatic carbocycles. The summed E-state index contributed by atoms with van der Waals surface area (Å²) in [6.45, 7) is 2.45. The molecule has 0 unspecified atom stereocenters. The number of benzene rings is 1. The molecule has 1 heterocycles. The number of nitrogens with zero attached hydrogens (tertiary/aromatic N) is 2. The number of hydrogen-bond acceptors (Lipinski definition) is 4.